The number of phenols is 1. The van der Waals surface area contributed by atoms with E-state index in [-0.39, 0.29) is 5.75 Å². The normalized spacial score (nSPS) is 10.7. The van der Waals surface area contributed by atoms with Gasteiger partial charge in [0.05, 0.1) is 0 Å². The van der Waals surface area contributed by atoms with Crippen LogP contribution in [0, 0.1) is 0 Å². The topological polar surface area (TPSA) is 29.5 Å². The molecule has 100 valence electrons. The molecule has 1 N–H and O–H groups in total. The van der Waals surface area contributed by atoms with Crippen LogP contribution in [0.3, 0.4) is 0 Å². The van der Waals surface area contributed by atoms with Crippen LogP contribution < -0.4 is 4.74 Å². The molecule has 0 aliphatic rings. The van der Waals surface area contributed by atoms with Crippen LogP contribution in [-0.4, -0.2) is 5.11 Å². The Balaban J connectivity index is 1.80. The minimum Gasteiger partial charge on any atom is -0.508 e. The van der Waals surface area contributed by atoms with Gasteiger partial charge in [0.2, 0.25) is 0 Å². The molecular weight excluding hydrogens is 316 g/mol. The molecule has 0 saturated heterocycles. The molecule has 0 bridgehead atoms. The highest BCUT2D eigenvalue weighted by Crippen LogP contribution is 2.25. The molecule has 3 aromatic rings. The van der Waals surface area contributed by atoms with E-state index in [0.29, 0.717) is 6.61 Å². The minimum absolute atomic E-state index is 0.265. The van der Waals surface area contributed by atoms with Gasteiger partial charge in [0.1, 0.15) is 18.1 Å². The van der Waals surface area contributed by atoms with Crippen LogP contribution in [0.5, 0.6) is 11.5 Å². The average molecular weight is 329 g/mol. The number of benzene rings is 3. The van der Waals surface area contributed by atoms with Gasteiger partial charge in [-0.15, -0.1) is 0 Å². The zero-order valence-corrected chi connectivity index (χ0v) is 12.3. The third-order valence-corrected chi connectivity index (χ3v) is 3.58. The van der Waals surface area contributed by atoms with Gasteiger partial charge in [0.15, 0.2) is 0 Å². The lowest BCUT2D eigenvalue weighted by Gasteiger charge is -2.08. The second-order valence-electron chi connectivity index (χ2n) is 4.61. The van der Waals surface area contributed by atoms with Gasteiger partial charge in [-0.05, 0) is 52.7 Å². The van der Waals surface area contributed by atoms with Gasteiger partial charge >= 0.3 is 0 Å². The first-order valence-corrected chi connectivity index (χ1v) is 7.10. The summed E-state index contributed by atoms with van der Waals surface area (Å²) in [6, 6.07) is 19.2. The Morgan fingerprint density at radius 2 is 1.75 bits per heavy atom. The second-order valence-corrected chi connectivity index (χ2v) is 5.53. The summed E-state index contributed by atoms with van der Waals surface area (Å²) in [7, 11) is 0. The van der Waals surface area contributed by atoms with Crippen molar-refractivity contribution in [3.05, 3.63) is 70.7 Å². The van der Waals surface area contributed by atoms with E-state index in [1.54, 1.807) is 12.1 Å². The lowest BCUT2D eigenvalue weighted by Crippen LogP contribution is -1.95. The van der Waals surface area contributed by atoms with Crippen LogP contribution in [0.15, 0.2) is 65.1 Å². The van der Waals surface area contributed by atoms with Gasteiger partial charge in [-0.3, -0.25) is 0 Å². The van der Waals surface area contributed by atoms with Gasteiger partial charge < -0.3 is 9.84 Å². The zero-order chi connectivity index (χ0) is 13.9. The lowest BCUT2D eigenvalue weighted by molar-refractivity contribution is 0.306. The highest BCUT2D eigenvalue weighted by atomic mass is 79.9. The van der Waals surface area contributed by atoms with E-state index in [1.807, 2.05) is 48.5 Å². The van der Waals surface area contributed by atoms with Crippen molar-refractivity contribution < 1.29 is 9.84 Å². The molecule has 0 saturated carbocycles. The van der Waals surface area contributed by atoms with Crippen molar-refractivity contribution in [1.29, 1.82) is 0 Å². The Morgan fingerprint density at radius 1 is 0.900 bits per heavy atom. The predicted octanol–water partition coefficient (Wildman–Crippen LogP) is 4.89. The van der Waals surface area contributed by atoms with Crippen molar-refractivity contribution >= 4 is 26.7 Å². The fourth-order valence-corrected chi connectivity index (χ4v) is 2.54. The molecule has 3 heteroatoms. The van der Waals surface area contributed by atoms with E-state index in [1.165, 1.54) is 0 Å². The number of hydrogen-bond donors (Lipinski definition) is 1. The summed E-state index contributed by atoms with van der Waals surface area (Å²) in [6.07, 6.45) is 0. The van der Waals surface area contributed by atoms with E-state index in [9.17, 15) is 5.11 Å². The van der Waals surface area contributed by atoms with Crippen molar-refractivity contribution in [1.82, 2.24) is 0 Å². The highest BCUT2D eigenvalue weighted by Gasteiger charge is 2.00. The minimum atomic E-state index is 0.265. The van der Waals surface area contributed by atoms with Crippen molar-refractivity contribution in [2.75, 3.05) is 0 Å². The third kappa shape index (κ3) is 2.94. The quantitative estimate of drug-likeness (QED) is 0.741. The number of hydrogen-bond acceptors (Lipinski definition) is 2. The lowest BCUT2D eigenvalue weighted by atomic mass is 10.1. The smallest absolute Gasteiger partial charge is 0.120 e. The Morgan fingerprint density at radius 3 is 2.60 bits per heavy atom. The molecule has 0 amide bonds. The first-order chi connectivity index (χ1) is 9.70. The molecule has 0 atom stereocenters. The fourth-order valence-electron chi connectivity index (χ4n) is 2.10. The maximum atomic E-state index is 9.51. The summed E-state index contributed by atoms with van der Waals surface area (Å²) in [5, 5.41) is 11.6. The third-order valence-electron chi connectivity index (χ3n) is 3.09. The molecule has 3 rings (SSSR count). The van der Waals surface area contributed by atoms with Gasteiger partial charge in [-0.2, -0.15) is 0 Å². The Hall–Kier alpha value is -2.00. The molecule has 0 unspecified atom stereocenters. The van der Waals surface area contributed by atoms with Crippen molar-refractivity contribution in [3.63, 3.8) is 0 Å². The number of rotatable bonds is 3. The zero-order valence-electron chi connectivity index (χ0n) is 10.7. The monoisotopic (exact) mass is 328 g/mol. The molecule has 0 aliphatic heterocycles. The summed E-state index contributed by atoms with van der Waals surface area (Å²) in [5.41, 5.74) is 1.11. The Kier molecular flexibility index (Phi) is 3.61. The molecular formula is C17H13BrO2. The van der Waals surface area contributed by atoms with E-state index >= 15 is 0 Å². The molecule has 20 heavy (non-hydrogen) atoms. The fraction of sp³-hybridized carbons (Fsp3) is 0.0588. The number of ether oxygens (including phenoxy) is 1. The van der Waals surface area contributed by atoms with Crippen molar-refractivity contribution in [3.8, 4) is 11.5 Å². The SMILES string of the molecule is Oc1ccc2ccc(OCc3cccc(Br)c3)cc2c1. The predicted molar refractivity (Wildman–Crippen MR) is 84.1 cm³/mol. The van der Waals surface area contributed by atoms with Gasteiger partial charge in [-0.25, -0.2) is 0 Å². The molecule has 0 spiro atoms. The molecule has 3 aromatic carbocycles. The molecule has 0 aliphatic carbocycles. The van der Waals surface area contributed by atoms with Gasteiger partial charge in [0.25, 0.3) is 0 Å². The van der Waals surface area contributed by atoms with Gasteiger partial charge in [0, 0.05) is 4.47 Å². The number of phenolic OH excluding ortho intramolecular Hbond substituents is 1. The van der Waals surface area contributed by atoms with Crippen LogP contribution in [-0.2, 0) is 6.61 Å². The summed E-state index contributed by atoms with van der Waals surface area (Å²) >= 11 is 3.45. The maximum Gasteiger partial charge on any atom is 0.120 e. The van der Waals surface area contributed by atoms with Crippen molar-refractivity contribution in [2.24, 2.45) is 0 Å². The van der Waals surface area contributed by atoms with Crippen LogP contribution in [0.1, 0.15) is 5.56 Å². The maximum absolute atomic E-state index is 9.51. The van der Waals surface area contributed by atoms with Crippen LogP contribution in [0.4, 0.5) is 0 Å². The molecule has 2 nitrogen and oxygen atoms in total. The number of aromatic hydroxyl groups is 1. The molecule has 0 fully saturated rings. The van der Waals surface area contributed by atoms with E-state index in [0.717, 1.165) is 26.6 Å². The summed E-state index contributed by atoms with van der Waals surface area (Å²) in [5.74, 6) is 1.06. The second kappa shape index (κ2) is 5.55. The van der Waals surface area contributed by atoms with Crippen LogP contribution in [0.2, 0.25) is 0 Å². The molecule has 0 aromatic heterocycles. The van der Waals surface area contributed by atoms with Crippen LogP contribution in [0.25, 0.3) is 10.8 Å². The Labute approximate surface area is 125 Å². The standard InChI is InChI=1S/C17H13BrO2/c18-15-3-1-2-12(8-15)11-20-17-7-5-13-4-6-16(19)9-14(13)10-17/h1-10,19H,11H2. The van der Waals surface area contributed by atoms with Gasteiger partial charge in [-0.1, -0.05) is 40.2 Å². The molecule has 0 heterocycles. The summed E-state index contributed by atoms with van der Waals surface area (Å²) < 4.78 is 6.84. The first-order valence-electron chi connectivity index (χ1n) is 6.31. The number of halogens is 1. The highest BCUT2D eigenvalue weighted by molar-refractivity contribution is 9.10. The van der Waals surface area contributed by atoms with E-state index < -0.39 is 0 Å². The average Bonchev–Trinajstić information content (AvgIpc) is 2.45. The van der Waals surface area contributed by atoms with Crippen LogP contribution >= 0.6 is 15.9 Å². The summed E-state index contributed by atoms with van der Waals surface area (Å²) in [4.78, 5) is 0. The first kappa shape index (κ1) is 13.0. The molecule has 0 radical (unpaired) electrons. The number of fused-ring (bicyclic) bond motifs is 1. The summed E-state index contributed by atoms with van der Waals surface area (Å²) in [6.45, 7) is 0.518. The van der Waals surface area contributed by atoms with Crippen molar-refractivity contribution in [2.45, 2.75) is 6.61 Å². The largest absolute Gasteiger partial charge is 0.508 e. The van der Waals surface area contributed by atoms with E-state index in [4.69, 9.17) is 4.74 Å². The Bertz CT molecular complexity index is 753. The van der Waals surface area contributed by atoms with E-state index in [2.05, 4.69) is 15.9 Å².